The molecule has 0 aromatic carbocycles. The van der Waals surface area contributed by atoms with Crippen molar-refractivity contribution in [2.45, 2.75) is 6.92 Å². The highest BCUT2D eigenvalue weighted by molar-refractivity contribution is 5.94. The molecule has 0 bridgehead atoms. The summed E-state index contributed by atoms with van der Waals surface area (Å²) in [5.41, 5.74) is 1.45. The van der Waals surface area contributed by atoms with Crippen molar-refractivity contribution >= 4 is 11.7 Å². The highest BCUT2D eigenvalue weighted by Crippen LogP contribution is 2.09. The van der Waals surface area contributed by atoms with Gasteiger partial charge in [0, 0.05) is 45.0 Å². The molecule has 112 valence electrons. The number of methoxy groups -OCH3 is 1. The third-order valence-corrected chi connectivity index (χ3v) is 2.93. The second kappa shape index (κ2) is 8.50. The average molecular weight is 280 g/mol. The second-order valence-corrected chi connectivity index (χ2v) is 4.68. The van der Waals surface area contributed by atoms with Gasteiger partial charge in [0.15, 0.2) is 0 Å². The Balaban J connectivity index is 2.45. The molecule has 0 fully saturated rings. The molecular formula is C14H24N4O2. The van der Waals surface area contributed by atoms with Crippen molar-refractivity contribution in [2.24, 2.45) is 0 Å². The van der Waals surface area contributed by atoms with E-state index in [0.29, 0.717) is 24.5 Å². The number of aryl methyl sites for hydroxylation is 1. The van der Waals surface area contributed by atoms with E-state index in [1.165, 1.54) is 0 Å². The number of carbonyl (C=O) groups excluding carboxylic acids is 1. The van der Waals surface area contributed by atoms with Crippen LogP contribution in [0, 0.1) is 6.92 Å². The number of carbonyl (C=O) groups is 1. The zero-order valence-electron chi connectivity index (χ0n) is 12.7. The minimum absolute atomic E-state index is 0.0767. The van der Waals surface area contributed by atoms with Gasteiger partial charge in [0.25, 0.3) is 5.91 Å². The predicted octanol–water partition coefficient (Wildman–Crippen LogP) is 0.740. The SMILES string of the molecule is CNc1cc(C(=O)NCCN(C)CCOC)cc(C)n1. The molecule has 0 spiro atoms. The third-order valence-electron chi connectivity index (χ3n) is 2.93. The maximum absolute atomic E-state index is 12.1. The van der Waals surface area contributed by atoms with E-state index in [0.717, 1.165) is 18.8 Å². The van der Waals surface area contributed by atoms with Crippen LogP contribution in [0.15, 0.2) is 12.1 Å². The zero-order chi connectivity index (χ0) is 15.0. The van der Waals surface area contributed by atoms with Crippen molar-refractivity contribution in [1.29, 1.82) is 0 Å². The van der Waals surface area contributed by atoms with E-state index in [1.807, 2.05) is 14.0 Å². The topological polar surface area (TPSA) is 66.5 Å². The summed E-state index contributed by atoms with van der Waals surface area (Å²) in [5, 5.41) is 5.86. The lowest BCUT2D eigenvalue weighted by atomic mass is 10.2. The van der Waals surface area contributed by atoms with Crippen LogP contribution in [0.5, 0.6) is 0 Å². The molecule has 1 aromatic rings. The smallest absolute Gasteiger partial charge is 0.251 e. The summed E-state index contributed by atoms with van der Waals surface area (Å²) < 4.78 is 5.01. The summed E-state index contributed by atoms with van der Waals surface area (Å²) in [6, 6.07) is 3.53. The molecule has 1 heterocycles. The molecule has 0 saturated heterocycles. The van der Waals surface area contributed by atoms with Crippen LogP contribution in [0.1, 0.15) is 16.1 Å². The molecule has 0 radical (unpaired) electrons. The van der Waals surface area contributed by atoms with Gasteiger partial charge in [-0.05, 0) is 26.1 Å². The molecule has 20 heavy (non-hydrogen) atoms. The molecule has 0 unspecified atom stereocenters. The van der Waals surface area contributed by atoms with Crippen molar-refractivity contribution in [3.63, 3.8) is 0 Å². The van der Waals surface area contributed by atoms with Crippen molar-refractivity contribution in [3.05, 3.63) is 23.4 Å². The molecule has 0 aliphatic carbocycles. The standard InChI is InChI=1S/C14H24N4O2/c1-11-9-12(10-13(15-2)17-11)14(19)16-5-6-18(3)7-8-20-4/h9-10H,5-8H2,1-4H3,(H,15,17)(H,16,19). The van der Waals surface area contributed by atoms with E-state index in [9.17, 15) is 4.79 Å². The zero-order valence-corrected chi connectivity index (χ0v) is 12.7. The van der Waals surface area contributed by atoms with E-state index in [-0.39, 0.29) is 5.91 Å². The fourth-order valence-corrected chi connectivity index (χ4v) is 1.75. The summed E-state index contributed by atoms with van der Waals surface area (Å²) in [7, 11) is 5.47. The van der Waals surface area contributed by atoms with Gasteiger partial charge in [-0.25, -0.2) is 4.98 Å². The Hall–Kier alpha value is -1.66. The van der Waals surface area contributed by atoms with E-state index in [2.05, 4.69) is 20.5 Å². The second-order valence-electron chi connectivity index (χ2n) is 4.68. The predicted molar refractivity (Wildman–Crippen MR) is 80.2 cm³/mol. The number of rotatable bonds is 8. The summed E-state index contributed by atoms with van der Waals surface area (Å²) in [6.07, 6.45) is 0. The van der Waals surface area contributed by atoms with Crippen LogP contribution in [0.25, 0.3) is 0 Å². The summed E-state index contributed by atoms with van der Waals surface area (Å²) in [4.78, 5) is 18.4. The van der Waals surface area contributed by atoms with E-state index < -0.39 is 0 Å². The summed E-state index contributed by atoms with van der Waals surface area (Å²) in [6.45, 7) is 4.81. The molecule has 1 aromatic heterocycles. The van der Waals surface area contributed by atoms with E-state index in [1.54, 1.807) is 26.3 Å². The quantitative estimate of drug-likeness (QED) is 0.735. The minimum Gasteiger partial charge on any atom is -0.383 e. The number of anilines is 1. The Labute approximate surface area is 120 Å². The molecule has 2 N–H and O–H groups in total. The lowest BCUT2D eigenvalue weighted by molar-refractivity contribution is 0.0947. The Kier molecular flexibility index (Phi) is 6.97. The largest absolute Gasteiger partial charge is 0.383 e. The lowest BCUT2D eigenvalue weighted by Crippen LogP contribution is -2.34. The van der Waals surface area contributed by atoms with Gasteiger partial charge in [-0.3, -0.25) is 4.79 Å². The first-order valence-electron chi connectivity index (χ1n) is 6.69. The number of pyridine rings is 1. The van der Waals surface area contributed by atoms with Gasteiger partial charge in [0.1, 0.15) is 5.82 Å². The monoisotopic (exact) mass is 280 g/mol. The fraction of sp³-hybridized carbons (Fsp3) is 0.571. The number of nitrogens with zero attached hydrogens (tertiary/aromatic N) is 2. The lowest BCUT2D eigenvalue weighted by Gasteiger charge is -2.16. The van der Waals surface area contributed by atoms with Crippen LogP contribution in [-0.2, 0) is 4.74 Å². The number of likely N-dealkylation sites (N-methyl/N-ethyl adjacent to an activating group) is 1. The Morgan fingerprint density at radius 1 is 1.40 bits per heavy atom. The molecular weight excluding hydrogens is 256 g/mol. The normalized spacial score (nSPS) is 10.7. The Morgan fingerprint density at radius 3 is 2.80 bits per heavy atom. The third kappa shape index (κ3) is 5.54. The van der Waals surface area contributed by atoms with Crippen LogP contribution in [0.3, 0.4) is 0 Å². The number of ether oxygens (including phenoxy) is 1. The summed E-state index contributed by atoms with van der Waals surface area (Å²) >= 11 is 0. The number of hydrogen-bond acceptors (Lipinski definition) is 5. The van der Waals surface area contributed by atoms with Crippen molar-refractivity contribution in [3.8, 4) is 0 Å². The number of aromatic nitrogens is 1. The maximum Gasteiger partial charge on any atom is 0.251 e. The van der Waals surface area contributed by atoms with Gasteiger partial charge in [-0.15, -0.1) is 0 Å². The van der Waals surface area contributed by atoms with Gasteiger partial charge < -0.3 is 20.3 Å². The van der Waals surface area contributed by atoms with Gasteiger partial charge in [0.2, 0.25) is 0 Å². The van der Waals surface area contributed by atoms with Crippen LogP contribution < -0.4 is 10.6 Å². The van der Waals surface area contributed by atoms with Gasteiger partial charge in [0.05, 0.1) is 6.61 Å². The molecule has 1 amide bonds. The molecule has 0 aliphatic rings. The number of nitrogens with one attached hydrogen (secondary N) is 2. The molecule has 0 atom stereocenters. The highest BCUT2D eigenvalue weighted by Gasteiger charge is 2.08. The van der Waals surface area contributed by atoms with Crippen molar-refractivity contribution in [2.75, 3.05) is 52.8 Å². The molecule has 0 aliphatic heterocycles. The van der Waals surface area contributed by atoms with Crippen LogP contribution in [-0.4, -0.2) is 63.2 Å². The first-order chi connectivity index (χ1) is 9.56. The molecule has 1 rings (SSSR count). The van der Waals surface area contributed by atoms with Gasteiger partial charge in [-0.2, -0.15) is 0 Å². The fourth-order valence-electron chi connectivity index (χ4n) is 1.75. The number of hydrogen-bond donors (Lipinski definition) is 2. The Bertz CT molecular complexity index is 437. The average Bonchev–Trinajstić information content (AvgIpc) is 2.44. The molecule has 6 heteroatoms. The highest BCUT2D eigenvalue weighted by atomic mass is 16.5. The minimum atomic E-state index is -0.0767. The summed E-state index contributed by atoms with van der Waals surface area (Å²) in [5.74, 6) is 0.625. The molecule has 0 saturated carbocycles. The van der Waals surface area contributed by atoms with E-state index >= 15 is 0 Å². The van der Waals surface area contributed by atoms with E-state index in [4.69, 9.17) is 4.74 Å². The van der Waals surface area contributed by atoms with Crippen LogP contribution in [0.4, 0.5) is 5.82 Å². The first-order valence-corrected chi connectivity index (χ1v) is 6.69. The van der Waals surface area contributed by atoms with Crippen LogP contribution in [0.2, 0.25) is 0 Å². The van der Waals surface area contributed by atoms with Crippen molar-refractivity contribution < 1.29 is 9.53 Å². The van der Waals surface area contributed by atoms with Crippen LogP contribution >= 0.6 is 0 Å². The number of amides is 1. The van der Waals surface area contributed by atoms with Gasteiger partial charge >= 0.3 is 0 Å². The molecule has 6 nitrogen and oxygen atoms in total. The van der Waals surface area contributed by atoms with Gasteiger partial charge in [-0.1, -0.05) is 0 Å². The maximum atomic E-state index is 12.1. The Morgan fingerprint density at radius 2 is 2.15 bits per heavy atom. The first kappa shape index (κ1) is 16.4. The van der Waals surface area contributed by atoms with Crippen molar-refractivity contribution in [1.82, 2.24) is 15.2 Å².